The summed E-state index contributed by atoms with van der Waals surface area (Å²) < 4.78 is 0. The van der Waals surface area contributed by atoms with Gasteiger partial charge < -0.3 is 4.98 Å². The van der Waals surface area contributed by atoms with E-state index in [1.807, 2.05) is 13.8 Å². The first kappa shape index (κ1) is 18.4. The van der Waals surface area contributed by atoms with Crippen LogP contribution >= 0.6 is 0 Å². The fraction of sp³-hybridized carbons (Fsp3) is 0.706. The molecule has 1 aliphatic carbocycles. The highest BCUT2D eigenvalue weighted by molar-refractivity contribution is 7.43. The molecule has 0 bridgehead atoms. The van der Waals surface area contributed by atoms with E-state index >= 15 is 0 Å². The number of amides is 1. The first-order chi connectivity index (χ1) is 9.34. The van der Waals surface area contributed by atoms with Gasteiger partial charge in [-0.15, -0.1) is 0 Å². The summed E-state index contributed by atoms with van der Waals surface area (Å²) in [5.74, 6) is 0.839. The summed E-state index contributed by atoms with van der Waals surface area (Å²) in [5, 5.41) is 1.67. The Morgan fingerprint density at radius 3 is 1.86 bits per heavy atom. The molecule has 0 fully saturated rings. The minimum absolute atomic E-state index is 0.0688. The Kier molecular flexibility index (Phi) is 5.16. The van der Waals surface area contributed by atoms with Crippen LogP contribution in [0.15, 0.2) is 21.9 Å². The van der Waals surface area contributed by atoms with E-state index in [1.54, 1.807) is 5.20 Å². The van der Waals surface area contributed by atoms with Gasteiger partial charge in [0.1, 0.15) is 7.75 Å². The van der Waals surface area contributed by atoms with Gasteiger partial charge in [0.05, 0.1) is 7.59 Å². The highest BCUT2D eigenvalue weighted by Crippen LogP contribution is 2.43. The third kappa shape index (κ3) is 3.11. The number of rotatable bonds is 4. The van der Waals surface area contributed by atoms with Gasteiger partial charge in [-0.25, -0.2) is 0 Å². The smallest absolute Gasteiger partial charge is 0.214 e. The molecule has 0 saturated carbocycles. The zero-order valence-electron chi connectivity index (χ0n) is 15.6. The van der Waals surface area contributed by atoms with Crippen molar-refractivity contribution in [1.29, 1.82) is 0 Å². The Bertz CT molecular complexity index is 513. The predicted octanol–water partition coefficient (Wildman–Crippen LogP) is 4.59. The largest absolute Gasteiger partial charge is 0.384 e. The molecule has 1 amide bonds. The van der Waals surface area contributed by atoms with Gasteiger partial charge >= 0.3 is 0 Å². The first-order valence-electron chi connectivity index (χ1n) is 8.05. The third-order valence-electron chi connectivity index (χ3n) is 5.84. The molecule has 1 rings (SSSR count). The molecule has 0 radical (unpaired) electrons. The van der Waals surface area contributed by atoms with E-state index in [0.717, 1.165) is 0 Å². The van der Waals surface area contributed by atoms with Crippen LogP contribution in [0.1, 0.15) is 41.5 Å². The minimum atomic E-state index is -1.81. The van der Waals surface area contributed by atoms with E-state index in [-0.39, 0.29) is 11.8 Å². The minimum Gasteiger partial charge on any atom is -0.384 e. The molecular weight excluding hydrogens is 290 g/mol. The maximum Gasteiger partial charge on any atom is 0.214 e. The molecule has 0 saturated heterocycles. The summed E-state index contributed by atoms with van der Waals surface area (Å²) in [6.45, 7) is 22.7. The second kappa shape index (κ2) is 5.88. The molecule has 1 unspecified atom stereocenters. The summed E-state index contributed by atoms with van der Waals surface area (Å²) in [4.78, 5) is 15.7. The van der Waals surface area contributed by atoms with Gasteiger partial charge in [0.2, 0.25) is 5.91 Å². The van der Waals surface area contributed by atoms with Crippen LogP contribution in [0.25, 0.3) is 0 Å². The van der Waals surface area contributed by atoms with Gasteiger partial charge in [-0.2, -0.15) is 0 Å². The Balaban J connectivity index is 3.20. The number of hydrogen-bond acceptors (Lipinski definition) is 1. The fourth-order valence-electron chi connectivity index (χ4n) is 3.32. The first-order valence-corrected chi connectivity index (χ1v) is 15.1. The van der Waals surface area contributed by atoms with Gasteiger partial charge in [-0.1, -0.05) is 63.3 Å². The van der Waals surface area contributed by atoms with Crippen LogP contribution in [0.4, 0.5) is 0 Å². The zero-order chi connectivity index (χ0) is 16.7. The maximum atomic E-state index is 12.2. The van der Waals surface area contributed by atoms with Crippen LogP contribution in [-0.4, -0.2) is 21.3 Å². The average molecular weight is 324 g/mol. The maximum absolute atomic E-state index is 12.2. The van der Waals surface area contributed by atoms with E-state index in [1.165, 1.54) is 16.7 Å². The standard InChI is InChI=1S/C17H33NOSi2/c1-11(2)17(19)18-21(9,10)20(7,8)16-14(5)12(3)13(4)15(16)6/h11,14H,1-10H3,(H,18,19). The molecular formula is C17H33NOSi2. The average Bonchev–Trinajstić information content (AvgIpc) is 2.53. The van der Waals surface area contributed by atoms with Crippen molar-refractivity contribution in [2.75, 3.05) is 0 Å². The Morgan fingerprint density at radius 1 is 1.05 bits per heavy atom. The highest BCUT2D eigenvalue weighted by atomic mass is 29.3. The van der Waals surface area contributed by atoms with Crippen LogP contribution in [0.2, 0.25) is 26.2 Å². The predicted molar refractivity (Wildman–Crippen MR) is 98.2 cm³/mol. The van der Waals surface area contributed by atoms with E-state index in [9.17, 15) is 4.79 Å². The lowest BCUT2D eigenvalue weighted by Gasteiger charge is -2.42. The molecule has 1 N–H and O–H groups in total. The van der Waals surface area contributed by atoms with Crippen LogP contribution in [0.5, 0.6) is 0 Å². The molecule has 0 aromatic rings. The van der Waals surface area contributed by atoms with Crippen LogP contribution in [0.3, 0.4) is 0 Å². The molecule has 1 aliphatic rings. The second-order valence-corrected chi connectivity index (χ2v) is 22.8. The van der Waals surface area contributed by atoms with Gasteiger partial charge in [0.15, 0.2) is 0 Å². The van der Waals surface area contributed by atoms with Gasteiger partial charge in [-0.3, -0.25) is 4.79 Å². The van der Waals surface area contributed by atoms with Gasteiger partial charge in [-0.05, 0) is 32.3 Å². The van der Waals surface area contributed by atoms with Crippen molar-refractivity contribution in [3.8, 4) is 0 Å². The Labute approximate surface area is 133 Å². The number of hydrogen-bond donors (Lipinski definition) is 1. The summed E-state index contributed by atoms with van der Waals surface area (Å²) in [5.41, 5.74) is 4.48. The molecule has 2 nitrogen and oxygen atoms in total. The van der Waals surface area contributed by atoms with Crippen LogP contribution in [0, 0.1) is 11.8 Å². The molecule has 21 heavy (non-hydrogen) atoms. The zero-order valence-corrected chi connectivity index (χ0v) is 17.6. The van der Waals surface area contributed by atoms with Crippen LogP contribution in [-0.2, 0) is 4.79 Å². The molecule has 0 heterocycles. The van der Waals surface area contributed by atoms with Crippen LogP contribution < -0.4 is 4.98 Å². The van der Waals surface area contributed by atoms with Crippen molar-refractivity contribution in [2.24, 2.45) is 11.8 Å². The summed E-state index contributed by atoms with van der Waals surface area (Å²) >= 11 is 0. The van der Waals surface area contributed by atoms with Crippen molar-refractivity contribution in [2.45, 2.75) is 67.7 Å². The van der Waals surface area contributed by atoms with Crippen molar-refractivity contribution < 1.29 is 4.79 Å². The monoisotopic (exact) mass is 323 g/mol. The van der Waals surface area contributed by atoms with Gasteiger partial charge in [0, 0.05) is 5.92 Å². The van der Waals surface area contributed by atoms with E-state index in [0.29, 0.717) is 5.92 Å². The molecule has 0 aromatic heterocycles. The lowest BCUT2D eigenvalue weighted by Crippen LogP contribution is -2.68. The lowest BCUT2D eigenvalue weighted by molar-refractivity contribution is -0.122. The summed E-state index contributed by atoms with van der Waals surface area (Å²) in [6.07, 6.45) is 0. The fourth-order valence-corrected chi connectivity index (χ4v) is 12.2. The van der Waals surface area contributed by atoms with E-state index < -0.39 is 15.3 Å². The normalized spacial score (nSPS) is 20.6. The molecule has 120 valence electrons. The van der Waals surface area contributed by atoms with Crippen molar-refractivity contribution in [3.05, 3.63) is 21.9 Å². The molecule has 0 aliphatic heterocycles. The second-order valence-electron chi connectivity index (χ2n) is 7.96. The summed E-state index contributed by atoms with van der Waals surface area (Å²) in [7, 11) is -3.48. The van der Waals surface area contributed by atoms with E-state index in [2.05, 4.69) is 58.9 Å². The lowest BCUT2D eigenvalue weighted by atomic mass is 10.1. The quantitative estimate of drug-likeness (QED) is 0.753. The Hall–Kier alpha value is -0.616. The Morgan fingerprint density at radius 2 is 1.52 bits per heavy atom. The SMILES string of the molecule is CC1=C(C)C(C)C([Si](C)(C)[Si](C)(C)NC(=O)C(C)C)=C1C. The molecule has 1 atom stereocenters. The summed E-state index contributed by atoms with van der Waals surface area (Å²) in [6, 6.07) is 0. The molecule has 0 spiro atoms. The number of carbonyl (C=O) groups is 1. The number of nitrogens with one attached hydrogen (secondary N) is 1. The molecule has 0 aromatic carbocycles. The van der Waals surface area contributed by atoms with E-state index in [4.69, 9.17) is 0 Å². The van der Waals surface area contributed by atoms with Crippen molar-refractivity contribution in [1.82, 2.24) is 4.98 Å². The van der Waals surface area contributed by atoms with Crippen molar-refractivity contribution >= 4 is 21.3 Å². The third-order valence-corrected chi connectivity index (χ3v) is 22.5. The highest BCUT2D eigenvalue weighted by Gasteiger charge is 2.49. The van der Waals surface area contributed by atoms with Gasteiger partial charge in [0.25, 0.3) is 0 Å². The van der Waals surface area contributed by atoms with Crippen molar-refractivity contribution in [3.63, 3.8) is 0 Å². The molecule has 4 heteroatoms. The topological polar surface area (TPSA) is 29.1 Å². The number of carbonyl (C=O) groups excluding carboxylic acids is 1. The number of allylic oxidation sites excluding steroid dienone is 4.